The molecule has 2 heterocycles. The Morgan fingerprint density at radius 1 is 1.00 bits per heavy atom. The van der Waals surface area contributed by atoms with E-state index in [0.717, 1.165) is 44.0 Å². The van der Waals surface area contributed by atoms with Crippen LogP contribution in [-0.2, 0) is 0 Å². The zero-order chi connectivity index (χ0) is 19.5. The first kappa shape index (κ1) is 18.7. The van der Waals surface area contributed by atoms with Gasteiger partial charge in [-0.25, -0.2) is 4.68 Å². The van der Waals surface area contributed by atoms with Gasteiger partial charge in [0.15, 0.2) is 0 Å². The minimum Gasteiger partial charge on any atom is -0.336 e. The lowest BCUT2D eigenvalue weighted by Crippen LogP contribution is -2.48. The molecule has 0 saturated carbocycles. The summed E-state index contributed by atoms with van der Waals surface area (Å²) in [7, 11) is 0. The highest BCUT2D eigenvalue weighted by molar-refractivity contribution is 6.30. The standard InChI is InChI=1S/C22H23ClN4O/c1-2-25-12-14-26(15-13-25)22(28)20-16-27(19-6-4-3-5-7-19)24-21(20)17-8-10-18(23)11-9-17/h3-11,16H,2,12-15H2,1H3. The van der Waals surface area contributed by atoms with E-state index in [1.165, 1.54) is 0 Å². The van der Waals surface area contributed by atoms with Gasteiger partial charge in [-0.2, -0.15) is 5.10 Å². The number of halogens is 1. The van der Waals surface area contributed by atoms with E-state index in [9.17, 15) is 4.79 Å². The van der Waals surface area contributed by atoms with E-state index in [-0.39, 0.29) is 5.91 Å². The molecule has 28 heavy (non-hydrogen) atoms. The summed E-state index contributed by atoms with van der Waals surface area (Å²) in [4.78, 5) is 17.6. The number of amides is 1. The Bertz CT molecular complexity index is 944. The minimum atomic E-state index is 0.0304. The van der Waals surface area contributed by atoms with Gasteiger partial charge in [-0.05, 0) is 30.8 Å². The second-order valence-electron chi connectivity index (χ2n) is 6.90. The fourth-order valence-electron chi connectivity index (χ4n) is 3.50. The van der Waals surface area contributed by atoms with Gasteiger partial charge in [-0.3, -0.25) is 4.79 Å². The summed E-state index contributed by atoms with van der Waals surface area (Å²) in [5.74, 6) is 0.0304. The number of carbonyl (C=O) groups excluding carboxylic acids is 1. The van der Waals surface area contributed by atoms with Crippen LogP contribution in [0.4, 0.5) is 0 Å². The van der Waals surface area contributed by atoms with Crippen LogP contribution < -0.4 is 0 Å². The monoisotopic (exact) mass is 394 g/mol. The molecule has 1 aliphatic heterocycles. The largest absolute Gasteiger partial charge is 0.336 e. The fourth-order valence-corrected chi connectivity index (χ4v) is 3.63. The minimum absolute atomic E-state index is 0.0304. The quantitative estimate of drug-likeness (QED) is 0.672. The first-order valence-corrected chi connectivity index (χ1v) is 9.96. The topological polar surface area (TPSA) is 41.4 Å². The number of likely N-dealkylation sites (N-methyl/N-ethyl adjacent to an activating group) is 1. The van der Waals surface area contributed by atoms with Crippen LogP contribution in [0.15, 0.2) is 60.8 Å². The second-order valence-corrected chi connectivity index (χ2v) is 7.34. The third kappa shape index (κ3) is 3.81. The van der Waals surface area contributed by atoms with Gasteiger partial charge in [0.2, 0.25) is 0 Å². The summed E-state index contributed by atoms with van der Waals surface area (Å²) in [6.45, 7) is 6.47. The number of nitrogens with zero attached hydrogens (tertiary/aromatic N) is 4. The first-order valence-electron chi connectivity index (χ1n) is 9.58. The Balaban J connectivity index is 1.71. The molecule has 4 rings (SSSR count). The fraction of sp³-hybridized carbons (Fsp3) is 0.273. The SMILES string of the molecule is CCN1CCN(C(=O)c2cn(-c3ccccc3)nc2-c2ccc(Cl)cc2)CC1. The second kappa shape index (κ2) is 8.17. The molecule has 0 bridgehead atoms. The Morgan fingerprint density at radius 2 is 1.68 bits per heavy atom. The molecule has 0 N–H and O–H groups in total. The summed E-state index contributed by atoms with van der Waals surface area (Å²) in [6, 6.07) is 17.3. The number of rotatable bonds is 4. The molecule has 1 aromatic heterocycles. The molecule has 0 atom stereocenters. The van der Waals surface area contributed by atoms with Crippen molar-refractivity contribution in [3.8, 4) is 16.9 Å². The average Bonchev–Trinajstić information content (AvgIpc) is 3.20. The Kier molecular flexibility index (Phi) is 5.46. The molecule has 3 aromatic rings. The molecule has 0 aliphatic carbocycles. The highest BCUT2D eigenvalue weighted by Gasteiger charge is 2.26. The van der Waals surface area contributed by atoms with Crippen molar-refractivity contribution in [2.75, 3.05) is 32.7 Å². The van der Waals surface area contributed by atoms with E-state index in [0.29, 0.717) is 16.3 Å². The molecule has 5 nitrogen and oxygen atoms in total. The Morgan fingerprint density at radius 3 is 2.32 bits per heavy atom. The molecule has 6 heteroatoms. The summed E-state index contributed by atoms with van der Waals surface area (Å²) in [5.41, 5.74) is 3.11. The molecular formula is C22H23ClN4O. The Labute approximate surface area is 170 Å². The lowest BCUT2D eigenvalue weighted by Gasteiger charge is -2.34. The lowest BCUT2D eigenvalue weighted by molar-refractivity contribution is 0.0644. The third-order valence-electron chi connectivity index (χ3n) is 5.19. The van der Waals surface area contributed by atoms with Crippen LogP contribution in [0.25, 0.3) is 16.9 Å². The van der Waals surface area contributed by atoms with Crippen molar-refractivity contribution in [2.24, 2.45) is 0 Å². The van der Waals surface area contributed by atoms with Crippen molar-refractivity contribution in [2.45, 2.75) is 6.92 Å². The molecule has 1 saturated heterocycles. The Hall–Kier alpha value is -2.63. The molecular weight excluding hydrogens is 372 g/mol. The number of piperazine rings is 1. The van der Waals surface area contributed by atoms with Crippen LogP contribution in [0.3, 0.4) is 0 Å². The van der Waals surface area contributed by atoms with E-state index >= 15 is 0 Å². The highest BCUT2D eigenvalue weighted by Crippen LogP contribution is 2.26. The molecule has 0 spiro atoms. The van der Waals surface area contributed by atoms with Crippen LogP contribution in [0.2, 0.25) is 5.02 Å². The molecule has 144 valence electrons. The number of carbonyl (C=O) groups is 1. The van der Waals surface area contributed by atoms with E-state index < -0.39 is 0 Å². The average molecular weight is 395 g/mol. The van der Waals surface area contributed by atoms with Crippen LogP contribution >= 0.6 is 11.6 Å². The summed E-state index contributed by atoms with van der Waals surface area (Å²) < 4.78 is 1.78. The van der Waals surface area contributed by atoms with E-state index in [1.54, 1.807) is 4.68 Å². The number of benzene rings is 2. The number of hydrogen-bond donors (Lipinski definition) is 0. The van der Waals surface area contributed by atoms with E-state index in [2.05, 4.69) is 11.8 Å². The van der Waals surface area contributed by atoms with Gasteiger partial charge in [0.1, 0.15) is 5.69 Å². The normalized spacial score (nSPS) is 15.0. The molecule has 1 aliphatic rings. The van der Waals surface area contributed by atoms with Crippen LogP contribution in [0.1, 0.15) is 17.3 Å². The van der Waals surface area contributed by atoms with Gasteiger partial charge < -0.3 is 9.80 Å². The van der Waals surface area contributed by atoms with Gasteiger partial charge in [0, 0.05) is 43.0 Å². The maximum atomic E-state index is 13.3. The molecule has 1 fully saturated rings. The summed E-state index contributed by atoms with van der Waals surface area (Å²) in [5, 5.41) is 5.40. The summed E-state index contributed by atoms with van der Waals surface area (Å²) in [6.07, 6.45) is 1.84. The smallest absolute Gasteiger partial charge is 0.257 e. The predicted molar refractivity (Wildman–Crippen MR) is 112 cm³/mol. The zero-order valence-electron chi connectivity index (χ0n) is 15.9. The maximum Gasteiger partial charge on any atom is 0.257 e. The number of hydrogen-bond acceptors (Lipinski definition) is 3. The van der Waals surface area contributed by atoms with Crippen molar-refractivity contribution < 1.29 is 4.79 Å². The van der Waals surface area contributed by atoms with Crippen molar-refractivity contribution in [3.63, 3.8) is 0 Å². The van der Waals surface area contributed by atoms with E-state index in [1.807, 2.05) is 65.7 Å². The highest BCUT2D eigenvalue weighted by atomic mass is 35.5. The van der Waals surface area contributed by atoms with Crippen LogP contribution in [-0.4, -0.2) is 58.2 Å². The van der Waals surface area contributed by atoms with Crippen LogP contribution in [0.5, 0.6) is 0 Å². The zero-order valence-corrected chi connectivity index (χ0v) is 16.6. The number of para-hydroxylation sites is 1. The lowest BCUT2D eigenvalue weighted by atomic mass is 10.1. The summed E-state index contributed by atoms with van der Waals surface area (Å²) >= 11 is 6.05. The van der Waals surface area contributed by atoms with Crippen molar-refractivity contribution in [1.82, 2.24) is 19.6 Å². The van der Waals surface area contributed by atoms with Gasteiger partial charge in [-0.15, -0.1) is 0 Å². The van der Waals surface area contributed by atoms with Gasteiger partial charge in [0.25, 0.3) is 5.91 Å². The van der Waals surface area contributed by atoms with Gasteiger partial charge in [0.05, 0.1) is 11.3 Å². The first-order chi connectivity index (χ1) is 13.7. The molecule has 0 radical (unpaired) electrons. The molecule has 1 amide bonds. The van der Waals surface area contributed by atoms with Crippen molar-refractivity contribution in [1.29, 1.82) is 0 Å². The van der Waals surface area contributed by atoms with Crippen LogP contribution in [0, 0.1) is 0 Å². The number of aromatic nitrogens is 2. The maximum absolute atomic E-state index is 13.3. The third-order valence-corrected chi connectivity index (χ3v) is 5.44. The van der Waals surface area contributed by atoms with Gasteiger partial charge in [-0.1, -0.05) is 48.9 Å². The molecule has 0 unspecified atom stereocenters. The van der Waals surface area contributed by atoms with Gasteiger partial charge >= 0.3 is 0 Å². The van der Waals surface area contributed by atoms with E-state index in [4.69, 9.17) is 16.7 Å². The molecule has 2 aromatic carbocycles. The van der Waals surface area contributed by atoms with Crippen molar-refractivity contribution in [3.05, 3.63) is 71.4 Å². The predicted octanol–water partition coefficient (Wildman–Crippen LogP) is 3.97. The van der Waals surface area contributed by atoms with Crippen molar-refractivity contribution >= 4 is 17.5 Å².